The van der Waals surface area contributed by atoms with Gasteiger partial charge >= 0.3 is 0 Å². The van der Waals surface area contributed by atoms with Crippen LogP contribution in [0.5, 0.6) is 0 Å². The predicted octanol–water partition coefficient (Wildman–Crippen LogP) is 3.13. The van der Waals surface area contributed by atoms with Crippen molar-refractivity contribution in [2.45, 2.75) is 43.7 Å². The summed E-state index contributed by atoms with van der Waals surface area (Å²) in [5, 5.41) is 0. The first-order valence-corrected chi connectivity index (χ1v) is 10.6. The van der Waals surface area contributed by atoms with Gasteiger partial charge in [-0.15, -0.1) is 0 Å². The molecule has 2 aromatic rings. The number of nitrogens with one attached hydrogen (secondary N) is 1. The Morgan fingerprint density at radius 1 is 1.04 bits per heavy atom. The summed E-state index contributed by atoms with van der Waals surface area (Å²) in [6.45, 7) is 3.82. The molecule has 27 heavy (non-hydrogen) atoms. The molecule has 0 aromatic heterocycles. The fraction of sp³-hybridized carbons (Fsp3) is 0.350. The van der Waals surface area contributed by atoms with E-state index in [0.29, 0.717) is 11.7 Å². The minimum absolute atomic E-state index is 0.0578. The van der Waals surface area contributed by atoms with Crippen LogP contribution >= 0.6 is 0 Å². The Labute approximate surface area is 159 Å². The Morgan fingerprint density at radius 2 is 1.70 bits per heavy atom. The Morgan fingerprint density at radius 3 is 2.33 bits per heavy atom. The van der Waals surface area contributed by atoms with Crippen LogP contribution in [0.4, 0.5) is 17.1 Å². The lowest BCUT2D eigenvalue weighted by atomic mass is 10.1. The predicted molar refractivity (Wildman–Crippen MR) is 107 cm³/mol. The van der Waals surface area contributed by atoms with E-state index in [2.05, 4.69) is 9.62 Å². The molecular formula is C20H23N3O3S. The van der Waals surface area contributed by atoms with Crippen LogP contribution in [0, 0.1) is 6.92 Å². The van der Waals surface area contributed by atoms with E-state index in [0.717, 1.165) is 29.8 Å². The van der Waals surface area contributed by atoms with Crippen molar-refractivity contribution >= 4 is 33.0 Å². The summed E-state index contributed by atoms with van der Waals surface area (Å²) in [5.41, 5.74) is 3.21. The van der Waals surface area contributed by atoms with Crippen molar-refractivity contribution in [1.29, 1.82) is 0 Å². The van der Waals surface area contributed by atoms with Gasteiger partial charge in [-0.25, -0.2) is 8.42 Å². The standard InChI is InChI=1S/C20H23N3O3S/c1-13-4-9-17(10-5-13)27(25,26)21-15-6-11-18-19(12-15)23(16-7-8-16)14(2)20(24)22(18)3/h4-6,9-12,14,16,21H,7-8H2,1-3H3. The van der Waals surface area contributed by atoms with Crippen LogP contribution in [0.15, 0.2) is 47.4 Å². The molecule has 1 unspecified atom stereocenters. The second kappa shape index (κ2) is 6.27. The fourth-order valence-electron chi connectivity index (χ4n) is 3.60. The van der Waals surface area contributed by atoms with E-state index >= 15 is 0 Å². The first kappa shape index (κ1) is 17.9. The van der Waals surface area contributed by atoms with Crippen LogP contribution in [0.2, 0.25) is 0 Å². The molecule has 1 amide bonds. The first-order chi connectivity index (χ1) is 12.8. The van der Waals surface area contributed by atoms with E-state index in [-0.39, 0.29) is 16.8 Å². The zero-order chi connectivity index (χ0) is 19.3. The fourth-order valence-corrected chi connectivity index (χ4v) is 4.65. The van der Waals surface area contributed by atoms with Crippen molar-refractivity contribution in [3.63, 3.8) is 0 Å². The quantitative estimate of drug-likeness (QED) is 0.878. The van der Waals surface area contributed by atoms with E-state index < -0.39 is 10.0 Å². The maximum absolute atomic E-state index is 12.7. The van der Waals surface area contributed by atoms with Crippen LogP contribution in [-0.4, -0.2) is 33.5 Å². The number of likely N-dealkylation sites (N-methyl/N-ethyl adjacent to an activating group) is 1. The van der Waals surface area contributed by atoms with Gasteiger partial charge in [0.25, 0.3) is 10.0 Å². The smallest absolute Gasteiger partial charge is 0.261 e. The maximum Gasteiger partial charge on any atom is 0.261 e. The number of carbonyl (C=O) groups excluding carboxylic acids is 1. The zero-order valence-corrected chi connectivity index (χ0v) is 16.5. The monoisotopic (exact) mass is 385 g/mol. The molecule has 1 fully saturated rings. The van der Waals surface area contributed by atoms with Crippen molar-refractivity contribution in [1.82, 2.24) is 0 Å². The summed E-state index contributed by atoms with van der Waals surface area (Å²) in [7, 11) is -1.90. The van der Waals surface area contributed by atoms with Gasteiger partial charge in [-0.1, -0.05) is 17.7 Å². The lowest BCUT2D eigenvalue weighted by Gasteiger charge is -2.40. The lowest BCUT2D eigenvalue weighted by molar-refractivity contribution is -0.119. The molecule has 1 saturated carbocycles. The van der Waals surface area contributed by atoms with Crippen molar-refractivity contribution in [3.8, 4) is 0 Å². The number of benzene rings is 2. The third kappa shape index (κ3) is 3.16. The Kier molecular flexibility index (Phi) is 4.14. The third-order valence-electron chi connectivity index (χ3n) is 5.24. The van der Waals surface area contributed by atoms with Gasteiger partial charge < -0.3 is 9.80 Å². The number of amides is 1. The van der Waals surface area contributed by atoms with Crippen LogP contribution in [-0.2, 0) is 14.8 Å². The van der Waals surface area contributed by atoms with Gasteiger partial charge in [0.1, 0.15) is 6.04 Å². The highest BCUT2D eigenvalue weighted by Gasteiger charge is 2.41. The van der Waals surface area contributed by atoms with Crippen molar-refractivity contribution in [2.24, 2.45) is 0 Å². The number of aryl methyl sites for hydroxylation is 1. The molecule has 2 aromatic carbocycles. The molecule has 1 heterocycles. The van der Waals surface area contributed by atoms with Gasteiger partial charge in [0, 0.05) is 13.1 Å². The largest absolute Gasteiger partial charge is 0.355 e. The summed E-state index contributed by atoms with van der Waals surface area (Å²) in [6.07, 6.45) is 2.11. The molecule has 7 heteroatoms. The molecule has 1 atom stereocenters. The molecule has 1 N–H and O–H groups in total. The second-order valence-corrected chi connectivity index (χ2v) is 9.02. The maximum atomic E-state index is 12.7. The topological polar surface area (TPSA) is 69.7 Å². The third-order valence-corrected chi connectivity index (χ3v) is 6.64. The number of nitrogens with zero attached hydrogens (tertiary/aromatic N) is 2. The highest BCUT2D eigenvalue weighted by Crippen LogP contribution is 2.43. The molecule has 2 aliphatic rings. The molecular weight excluding hydrogens is 362 g/mol. The molecule has 0 bridgehead atoms. The van der Waals surface area contributed by atoms with Crippen LogP contribution in [0.1, 0.15) is 25.3 Å². The van der Waals surface area contributed by atoms with Gasteiger partial charge in [0.2, 0.25) is 5.91 Å². The summed E-state index contributed by atoms with van der Waals surface area (Å²) < 4.78 is 28.1. The average Bonchev–Trinajstić information content (AvgIpc) is 3.45. The Hall–Kier alpha value is -2.54. The average molecular weight is 385 g/mol. The van der Waals surface area contributed by atoms with Crippen molar-refractivity contribution in [3.05, 3.63) is 48.0 Å². The molecule has 0 radical (unpaired) electrons. The van der Waals surface area contributed by atoms with Gasteiger partial charge in [-0.05, 0) is 57.0 Å². The molecule has 142 valence electrons. The highest BCUT2D eigenvalue weighted by atomic mass is 32.2. The molecule has 4 rings (SSSR count). The number of sulfonamides is 1. The van der Waals surface area contributed by atoms with E-state index in [9.17, 15) is 13.2 Å². The van der Waals surface area contributed by atoms with Gasteiger partial charge in [0.15, 0.2) is 0 Å². The summed E-state index contributed by atoms with van der Waals surface area (Å²) in [4.78, 5) is 16.5. The number of fused-ring (bicyclic) bond motifs is 1. The molecule has 1 aliphatic heterocycles. The molecule has 6 nitrogen and oxygen atoms in total. The van der Waals surface area contributed by atoms with Crippen LogP contribution < -0.4 is 14.5 Å². The van der Waals surface area contributed by atoms with E-state index in [1.807, 2.05) is 26.0 Å². The van der Waals surface area contributed by atoms with Crippen LogP contribution in [0.3, 0.4) is 0 Å². The number of rotatable bonds is 4. The van der Waals surface area contributed by atoms with Crippen LogP contribution in [0.25, 0.3) is 0 Å². The highest BCUT2D eigenvalue weighted by molar-refractivity contribution is 7.92. The van der Waals surface area contributed by atoms with E-state index in [1.54, 1.807) is 42.3 Å². The summed E-state index contributed by atoms with van der Waals surface area (Å²) in [6, 6.07) is 12.2. The van der Waals surface area contributed by atoms with Crippen molar-refractivity contribution in [2.75, 3.05) is 21.6 Å². The number of carbonyl (C=O) groups is 1. The molecule has 0 spiro atoms. The number of hydrogen-bond acceptors (Lipinski definition) is 4. The molecule has 0 saturated heterocycles. The zero-order valence-electron chi connectivity index (χ0n) is 15.6. The summed E-state index contributed by atoms with van der Waals surface area (Å²) in [5.74, 6) is 0.0578. The van der Waals surface area contributed by atoms with E-state index in [1.165, 1.54) is 0 Å². The van der Waals surface area contributed by atoms with Gasteiger partial charge in [0.05, 0.1) is 22.0 Å². The Bertz CT molecular complexity index is 998. The van der Waals surface area contributed by atoms with Crippen molar-refractivity contribution < 1.29 is 13.2 Å². The minimum atomic E-state index is -3.67. The minimum Gasteiger partial charge on any atom is -0.355 e. The SMILES string of the molecule is Cc1ccc(S(=O)(=O)Nc2ccc3c(c2)N(C2CC2)C(C)C(=O)N3C)cc1. The number of hydrogen-bond donors (Lipinski definition) is 1. The van der Waals surface area contributed by atoms with E-state index in [4.69, 9.17) is 0 Å². The van der Waals surface area contributed by atoms with Gasteiger partial charge in [-0.2, -0.15) is 0 Å². The second-order valence-electron chi connectivity index (χ2n) is 7.33. The summed E-state index contributed by atoms with van der Waals surface area (Å²) >= 11 is 0. The first-order valence-electron chi connectivity index (χ1n) is 9.07. The van der Waals surface area contributed by atoms with Gasteiger partial charge in [-0.3, -0.25) is 9.52 Å². The number of anilines is 3. The molecule has 1 aliphatic carbocycles. The lowest BCUT2D eigenvalue weighted by Crippen LogP contribution is -2.51. The normalized spacial score (nSPS) is 19.8. The Balaban J connectivity index is 1.70.